The molecule has 0 aliphatic carbocycles. The highest BCUT2D eigenvalue weighted by atomic mass is 79.9. The van der Waals surface area contributed by atoms with E-state index < -0.39 is 0 Å². The number of nitrogens with one attached hydrogen (secondary N) is 2. The summed E-state index contributed by atoms with van der Waals surface area (Å²) in [5, 5.41) is 6.15. The fourth-order valence-electron chi connectivity index (χ4n) is 2.09. The molecular formula is C13H17BrN2O2. The third kappa shape index (κ3) is 3.10. The molecule has 1 fully saturated rings. The summed E-state index contributed by atoms with van der Waals surface area (Å²) >= 11 is 3.47. The summed E-state index contributed by atoms with van der Waals surface area (Å²) in [6.07, 6.45) is 1.96. The first-order valence-corrected chi connectivity index (χ1v) is 6.82. The van der Waals surface area contributed by atoms with Gasteiger partial charge in [-0.1, -0.05) is 22.0 Å². The van der Waals surface area contributed by atoms with Crippen LogP contribution in [0.25, 0.3) is 0 Å². The van der Waals surface area contributed by atoms with E-state index in [2.05, 4.69) is 26.6 Å². The zero-order valence-electron chi connectivity index (χ0n) is 10.3. The number of hydrogen-bond donors (Lipinski definition) is 2. The maximum absolute atomic E-state index is 12.1. The molecule has 1 heterocycles. The molecule has 4 nitrogen and oxygen atoms in total. The predicted molar refractivity (Wildman–Crippen MR) is 74.5 cm³/mol. The Bertz CT molecular complexity index is 431. The zero-order valence-corrected chi connectivity index (χ0v) is 11.9. The molecule has 1 aromatic carbocycles. The molecule has 1 aliphatic heterocycles. The largest absolute Gasteiger partial charge is 0.380 e. The average Bonchev–Trinajstić information content (AvgIpc) is 2.87. The van der Waals surface area contributed by atoms with Gasteiger partial charge in [-0.25, -0.2) is 0 Å². The van der Waals surface area contributed by atoms with Crippen molar-refractivity contribution in [1.82, 2.24) is 5.32 Å². The first-order valence-electron chi connectivity index (χ1n) is 6.03. The van der Waals surface area contributed by atoms with E-state index in [0.29, 0.717) is 6.61 Å². The van der Waals surface area contributed by atoms with Crippen molar-refractivity contribution in [3.63, 3.8) is 0 Å². The zero-order chi connectivity index (χ0) is 13.0. The van der Waals surface area contributed by atoms with E-state index in [1.165, 1.54) is 0 Å². The number of rotatable bonds is 4. The summed E-state index contributed by atoms with van der Waals surface area (Å²) in [5.41, 5.74) is 1.77. The van der Waals surface area contributed by atoms with Crippen molar-refractivity contribution >= 4 is 27.5 Å². The van der Waals surface area contributed by atoms with E-state index in [1.807, 2.05) is 18.2 Å². The number of halogens is 1. The van der Waals surface area contributed by atoms with Crippen LogP contribution in [0.3, 0.4) is 0 Å². The van der Waals surface area contributed by atoms with E-state index in [0.717, 1.165) is 35.1 Å². The first kappa shape index (κ1) is 13.5. The molecule has 0 unspecified atom stereocenters. The molecule has 0 bridgehead atoms. The molecule has 1 aliphatic rings. The second-order valence-corrected chi connectivity index (χ2v) is 5.19. The van der Waals surface area contributed by atoms with E-state index in [-0.39, 0.29) is 11.9 Å². The molecule has 1 atom stereocenters. The number of anilines is 1. The highest BCUT2D eigenvalue weighted by molar-refractivity contribution is 9.10. The minimum Gasteiger partial charge on any atom is -0.380 e. The molecule has 0 aromatic heterocycles. The van der Waals surface area contributed by atoms with E-state index in [4.69, 9.17) is 4.74 Å². The van der Waals surface area contributed by atoms with Gasteiger partial charge in [-0.3, -0.25) is 4.79 Å². The summed E-state index contributed by atoms with van der Waals surface area (Å²) in [4.78, 5) is 12.1. The van der Waals surface area contributed by atoms with Gasteiger partial charge in [0, 0.05) is 22.8 Å². The minimum absolute atomic E-state index is 0.0305. The third-order valence-corrected chi connectivity index (χ3v) is 3.79. The van der Waals surface area contributed by atoms with Crippen LogP contribution in [0.15, 0.2) is 22.7 Å². The molecule has 98 valence electrons. The van der Waals surface area contributed by atoms with Crippen LogP contribution in [0.1, 0.15) is 18.4 Å². The second-order valence-electron chi connectivity index (χ2n) is 4.34. The Morgan fingerprint density at radius 1 is 1.61 bits per heavy atom. The van der Waals surface area contributed by atoms with Gasteiger partial charge >= 0.3 is 0 Å². The van der Waals surface area contributed by atoms with Crippen molar-refractivity contribution in [2.75, 3.05) is 19.0 Å². The summed E-state index contributed by atoms with van der Waals surface area (Å²) in [6.45, 7) is 1.39. The number of ether oxygens (including phenoxy) is 1. The van der Waals surface area contributed by atoms with Crippen molar-refractivity contribution < 1.29 is 9.53 Å². The van der Waals surface area contributed by atoms with Gasteiger partial charge in [0.25, 0.3) is 0 Å². The van der Waals surface area contributed by atoms with Crippen LogP contribution >= 0.6 is 15.9 Å². The van der Waals surface area contributed by atoms with Gasteiger partial charge in [-0.2, -0.15) is 0 Å². The lowest BCUT2D eigenvalue weighted by molar-refractivity contribution is -0.117. The molecule has 1 saturated heterocycles. The van der Waals surface area contributed by atoms with Gasteiger partial charge in [-0.05, 0) is 31.5 Å². The maximum Gasteiger partial charge on any atom is 0.241 e. The number of hydrogen-bond acceptors (Lipinski definition) is 3. The standard InChI is InChI=1S/C13H17BrN2O2/c1-18-8-9-10(14)4-2-5-11(9)16-13(17)12-6-3-7-15-12/h2,4-5,12,15H,3,6-8H2,1H3,(H,16,17)/t12-/m1/s1. The summed E-state index contributed by atoms with van der Waals surface area (Å²) in [7, 11) is 1.64. The van der Waals surface area contributed by atoms with E-state index >= 15 is 0 Å². The Morgan fingerprint density at radius 3 is 3.11 bits per heavy atom. The number of carbonyl (C=O) groups is 1. The summed E-state index contributed by atoms with van der Waals surface area (Å²) in [5.74, 6) is 0.0305. The van der Waals surface area contributed by atoms with Crippen LogP contribution in [0.2, 0.25) is 0 Å². The van der Waals surface area contributed by atoms with E-state index in [9.17, 15) is 4.79 Å². The van der Waals surface area contributed by atoms with Gasteiger partial charge in [0.05, 0.1) is 12.6 Å². The van der Waals surface area contributed by atoms with Crippen molar-refractivity contribution in [2.24, 2.45) is 0 Å². The lowest BCUT2D eigenvalue weighted by Crippen LogP contribution is -2.35. The van der Waals surface area contributed by atoms with Gasteiger partial charge in [0.2, 0.25) is 5.91 Å². The second kappa shape index (κ2) is 6.31. The Balaban J connectivity index is 2.12. The number of methoxy groups -OCH3 is 1. The Morgan fingerprint density at radius 2 is 2.44 bits per heavy atom. The number of amides is 1. The van der Waals surface area contributed by atoms with Crippen LogP contribution in [-0.4, -0.2) is 25.6 Å². The van der Waals surface area contributed by atoms with Gasteiger partial charge in [0.1, 0.15) is 0 Å². The topological polar surface area (TPSA) is 50.4 Å². The fraction of sp³-hybridized carbons (Fsp3) is 0.462. The Labute approximate surface area is 115 Å². The SMILES string of the molecule is COCc1c(Br)cccc1NC(=O)[C@H]1CCCN1. The van der Waals surface area contributed by atoms with E-state index in [1.54, 1.807) is 7.11 Å². The van der Waals surface area contributed by atoms with Gasteiger partial charge in [-0.15, -0.1) is 0 Å². The average molecular weight is 313 g/mol. The first-order chi connectivity index (χ1) is 8.72. The molecule has 1 aromatic rings. The normalized spacial score (nSPS) is 18.9. The number of benzene rings is 1. The molecule has 0 radical (unpaired) electrons. The summed E-state index contributed by atoms with van der Waals surface area (Å²) < 4.78 is 6.11. The Hall–Kier alpha value is -0.910. The van der Waals surface area contributed by atoms with Crippen molar-refractivity contribution in [3.05, 3.63) is 28.2 Å². The fourth-order valence-corrected chi connectivity index (χ4v) is 2.58. The molecule has 5 heteroatoms. The molecular weight excluding hydrogens is 296 g/mol. The molecule has 2 N–H and O–H groups in total. The third-order valence-electron chi connectivity index (χ3n) is 3.04. The van der Waals surface area contributed by atoms with Crippen molar-refractivity contribution in [3.8, 4) is 0 Å². The van der Waals surface area contributed by atoms with Crippen LogP contribution in [0.5, 0.6) is 0 Å². The van der Waals surface area contributed by atoms with Crippen LogP contribution in [0, 0.1) is 0 Å². The quantitative estimate of drug-likeness (QED) is 0.897. The Kier molecular flexibility index (Phi) is 4.74. The lowest BCUT2D eigenvalue weighted by atomic mass is 10.1. The molecule has 1 amide bonds. The van der Waals surface area contributed by atoms with Crippen LogP contribution in [-0.2, 0) is 16.1 Å². The lowest BCUT2D eigenvalue weighted by Gasteiger charge is -2.15. The number of carbonyl (C=O) groups excluding carboxylic acids is 1. The highest BCUT2D eigenvalue weighted by Gasteiger charge is 2.22. The van der Waals surface area contributed by atoms with Gasteiger partial charge < -0.3 is 15.4 Å². The van der Waals surface area contributed by atoms with Gasteiger partial charge in [0.15, 0.2) is 0 Å². The monoisotopic (exact) mass is 312 g/mol. The van der Waals surface area contributed by atoms with Crippen molar-refractivity contribution in [2.45, 2.75) is 25.5 Å². The minimum atomic E-state index is -0.0700. The molecule has 0 spiro atoms. The van der Waals surface area contributed by atoms with Crippen molar-refractivity contribution in [1.29, 1.82) is 0 Å². The predicted octanol–water partition coefficient (Wildman–Crippen LogP) is 2.29. The summed E-state index contributed by atoms with van der Waals surface area (Å²) in [6, 6.07) is 5.67. The molecule has 0 saturated carbocycles. The van der Waals surface area contributed by atoms with Crippen LogP contribution < -0.4 is 10.6 Å². The molecule has 18 heavy (non-hydrogen) atoms. The smallest absolute Gasteiger partial charge is 0.241 e. The highest BCUT2D eigenvalue weighted by Crippen LogP contribution is 2.26. The van der Waals surface area contributed by atoms with Crippen LogP contribution in [0.4, 0.5) is 5.69 Å². The maximum atomic E-state index is 12.1. The molecule has 2 rings (SSSR count).